The molecule has 2 atom stereocenters. The summed E-state index contributed by atoms with van der Waals surface area (Å²) in [7, 11) is 1.19. The number of aliphatic hydroxyl groups excluding tert-OH is 2. The number of aliphatic hydroxyl groups is 2. The van der Waals surface area contributed by atoms with Crippen molar-refractivity contribution in [2.45, 2.75) is 25.6 Å². The summed E-state index contributed by atoms with van der Waals surface area (Å²) in [5.41, 5.74) is 1.01. The van der Waals surface area contributed by atoms with Crippen LogP contribution in [0.2, 0.25) is 0 Å². The molecule has 0 aliphatic heterocycles. The third-order valence-corrected chi connectivity index (χ3v) is 5.45. The third-order valence-electron chi connectivity index (χ3n) is 4.45. The number of carbonyl (C=O) groups is 2. The summed E-state index contributed by atoms with van der Waals surface area (Å²) < 4.78 is 9.78. The Bertz CT molecular complexity index is 1060. The van der Waals surface area contributed by atoms with Crippen molar-refractivity contribution in [1.29, 1.82) is 0 Å². The Morgan fingerprint density at radius 1 is 1.09 bits per heavy atom. The maximum atomic E-state index is 12.3. The van der Waals surface area contributed by atoms with Crippen LogP contribution in [0.4, 0.5) is 0 Å². The number of ether oxygens (including phenoxy) is 2. The summed E-state index contributed by atoms with van der Waals surface area (Å²) in [6.45, 7) is 3.75. The number of thiophene rings is 1. The molecule has 1 aromatic carbocycles. The maximum absolute atomic E-state index is 12.3. The molecule has 1 heterocycles. The first-order valence-electron chi connectivity index (χ1n) is 10.6. The van der Waals surface area contributed by atoms with Gasteiger partial charge in [-0.05, 0) is 61.1 Å². The number of nitrogens with one attached hydrogen (secondary N) is 2. The fourth-order valence-electron chi connectivity index (χ4n) is 2.69. The van der Waals surface area contributed by atoms with Gasteiger partial charge in [0.1, 0.15) is 0 Å². The van der Waals surface area contributed by atoms with Crippen LogP contribution in [0.25, 0.3) is 0 Å². The summed E-state index contributed by atoms with van der Waals surface area (Å²) in [5.74, 6) is 10.3. The fourth-order valence-corrected chi connectivity index (χ4v) is 3.52. The molecule has 1 aromatic heterocycles. The van der Waals surface area contributed by atoms with E-state index in [9.17, 15) is 14.7 Å². The van der Waals surface area contributed by atoms with E-state index in [-0.39, 0.29) is 6.61 Å². The lowest BCUT2D eigenvalue weighted by atomic mass is 10.1. The van der Waals surface area contributed by atoms with E-state index >= 15 is 0 Å². The third kappa shape index (κ3) is 9.36. The van der Waals surface area contributed by atoms with Crippen molar-refractivity contribution in [3.8, 4) is 23.7 Å². The van der Waals surface area contributed by atoms with Crippen molar-refractivity contribution >= 4 is 23.2 Å². The molecule has 180 valence electrons. The van der Waals surface area contributed by atoms with E-state index in [2.05, 4.69) is 39.1 Å². The minimum Gasteiger partial charge on any atom is -0.467 e. The number of carbonyl (C=O) groups excluding carboxylic acids is 2. The number of hydrogen-bond donors (Lipinski definition) is 4. The number of amides is 1. The molecule has 0 aliphatic carbocycles. The number of esters is 1. The van der Waals surface area contributed by atoms with Gasteiger partial charge in [-0.15, -0.1) is 11.3 Å². The van der Waals surface area contributed by atoms with E-state index in [1.807, 2.05) is 12.1 Å². The van der Waals surface area contributed by atoms with Crippen LogP contribution in [0.1, 0.15) is 32.6 Å². The smallest absolute Gasteiger partial charge is 0.331 e. The molecule has 0 fully saturated rings. The molecule has 8 nitrogen and oxygen atoms in total. The Morgan fingerprint density at radius 3 is 2.50 bits per heavy atom. The van der Waals surface area contributed by atoms with Crippen molar-refractivity contribution in [3.63, 3.8) is 0 Å². The normalized spacial score (nSPS) is 11.9. The summed E-state index contributed by atoms with van der Waals surface area (Å²) in [4.78, 5) is 26.1. The highest BCUT2D eigenvalue weighted by Gasteiger charge is 2.26. The van der Waals surface area contributed by atoms with E-state index in [0.29, 0.717) is 30.9 Å². The lowest BCUT2D eigenvalue weighted by Crippen LogP contribution is -2.48. The minimum atomic E-state index is -1.15. The van der Waals surface area contributed by atoms with Crippen LogP contribution in [0.5, 0.6) is 0 Å². The molecule has 34 heavy (non-hydrogen) atoms. The van der Waals surface area contributed by atoms with Gasteiger partial charge in [-0.3, -0.25) is 4.79 Å². The Labute approximate surface area is 203 Å². The Balaban J connectivity index is 1.86. The summed E-state index contributed by atoms with van der Waals surface area (Å²) in [6, 6.07) is 9.33. The zero-order valence-electron chi connectivity index (χ0n) is 19.1. The van der Waals surface area contributed by atoms with E-state index in [1.165, 1.54) is 14.0 Å². The highest BCUT2D eigenvalue weighted by Crippen LogP contribution is 2.14. The molecular formula is C25H28N2O6S. The number of hydrogen-bond acceptors (Lipinski definition) is 8. The molecule has 2 aromatic rings. The van der Waals surface area contributed by atoms with Gasteiger partial charge in [0.2, 0.25) is 0 Å². The molecule has 0 bridgehead atoms. The van der Waals surface area contributed by atoms with Crippen LogP contribution < -0.4 is 10.6 Å². The first-order chi connectivity index (χ1) is 16.4. The van der Waals surface area contributed by atoms with Gasteiger partial charge in [0.05, 0.1) is 37.9 Å². The van der Waals surface area contributed by atoms with Crippen molar-refractivity contribution in [2.24, 2.45) is 0 Å². The monoisotopic (exact) mass is 484 g/mol. The molecule has 0 unspecified atom stereocenters. The number of rotatable bonds is 11. The predicted molar refractivity (Wildman–Crippen MR) is 129 cm³/mol. The van der Waals surface area contributed by atoms with Gasteiger partial charge in [-0.2, -0.15) is 0 Å². The van der Waals surface area contributed by atoms with Crippen molar-refractivity contribution in [3.05, 3.63) is 57.3 Å². The highest BCUT2D eigenvalue weighted by molar-refractivity contribution is 7.12. The summed E-state index contributed by atoms with van der Waals surface area (Å²) in [6.07, 6.45) is -1.09. The second-order valence-electron chi connectivity index (χ2n) is 7.07. The molecule has 9 heteroatoms. The number of benzene rings is 1. The molecule has 0 aliphatic rings. The molecule has 0 saturated heterocycles. The Morgan fingerprint density at radius 2 is 1.82 bits per heavy atom. The second-order valence-corrected chi connectivity index (χ2v) is 8.24. The predicted octanol–water partition coefficient (Wildman–Crippen LogP) is 0.902. The Hall–Kier alpha value is -3.18. The van der Waals surface area contributed by atoms with Crippen LogP contribution in [-0.2, 0) is 20.8 Å². The van der Waals surface area contributed by atoms with E-state index in [1.54, 1.807) is 35.6 Å². The van der Waals surface area contributed by atoms with Gasteiger partial charge >= 0.3 is 5.97 Å². The number of methoxy groups -OCH3 is 1. The lowest BCUT2D eigenvalue weighted by molar-refractivity contribution is -0.145. The molecular weight excluding hydrogens is 456 g/mol. The second kappa shape index (κ2) is 14.9. The Kier molecular flexibility index (Phi) is 11.8. The molecule has 0 saturated carbocycles. The fraction of sp³-hybridized carbons (Fsp3) is 0.360. The first-order valence-corrected chi connectivity index (χ1v) is 11.4. The quantitative estimate of drug-likeness (QED) is 0.213. The van der Waals surface area contributed by atoms with Crippen LogP contribution in [0.15, 0.2) is 36.4 Å². The maximum Gasteiger partial charge on any atom is 0.331 e. The molecule has 0 spiro atoms. The average molecular weight is 485 g/mol. The van der Waals surface area contributed by atoms with Gasteiger partial charge in [0, 0.05) is 29.1 Å². The van der Waals surface area contributed by atoms with Crippen LogP contribution >= 0.6 is 11.3 Å². The van der Waals surface area contributed by atoms with Gasteiger partial charge in [-0.1, -0.05) is 5.92 Å². The molecule has 2 rings (SSSR count). The lowest BCUT2D eigenvalue weighted by Gasteiger charge is -2.18. The van der Waals surface area contributed by atoms with Crippen LogP contribution in [0.3, 0.4) is 0 Å². The first kappa shape index (κ1) is 27.1. The zero-order chi connectivity index (χ0) is 24.8. The van der Waals surface area contributed by atoms with Gasteiger partial charge in [0.25, 0.3) is 5.91 Å². The minimum absolute atomic E-state index is 0.0298. The van der Waals surface area contributed by atoms with Crippen molar-refractivity contribution < 1.29 is 29.3 Å². The molecule has 0 radical (unpaired) electrons. The molecule has 4 N–H and O–H groups in total. The van der Waals surface area contributed by atoms with E-state index in [0.717, 1.165) is 16.3 Å². The highest BCUT2D eigenvalue weighted by atomic mass is 32.1. The van der Waals surface area contributed by atoms with Crippen LogP contribution in [0, 0.1) is 23.7 Å². The largest absolute Gasteiger partial charge is 0.467 e. The van der Waals surface area contributed by atoms with Crippen molar-refractivity contribution in [2.75, 3.05) is 33.5 Å². The SMILES string of the molecule is COC(=O)[C@H](NC(=O)c1ccc(C#CC#Cc2ccc(CNCCOCCO)s2)cc1)[C@@H](C)O. The topological polar surface area (TPSA) is 117 Å². The van der Waals surface area contributed by atoms with E-state index in [4.69, 9.17) is 9.84 Å². The standard InChI is InChI=1S/C25H28N2O6S/c1-18(29)23(25(31)32-2)27-24(30)20-9-7-19(8-10-20)5-3-4-6-21-11-12-22(34-21)17-26-13-15-33-16-14-28/h7-12,18,23,26,28-29H,13-17H2,1-2H3,(H,27,30)/t18-,23-/m1/s1. The average Bonchev–Trinajstić information content (AvgIpc) is 3.29. The van der Waals surface area contributed by atoms with E-state index < -0.39 is 24.0 Å². The summed E-state index contributed by atoms with van der Waals surface area (Å²) in [5, 5.41) is 24.0. The van der Waals surface area contributed by atoms with Crippen molar-refractivity contribution in [1.82, 2.24) is 10.6 Å². The van der Waals surface area contributed by atoms with Gasteiger partial charge < -0.3 is 30.3 Å². The van der Waals surface area contributed by atoms with Gasteiger partial charge in [-0.25, -0.2) is 4.79 Å². The van der Waals surface area contributed by atoms with Gasteiger partial charge in [0.15, 0.2) is 6.04 Å². The summed E-state index contributed by atoms with van der Waals surface area (Å²) >= 11 is 1.58. The van der Waals surface area contributed by atoms with Crippen LogP contribution in [-0.4, -0.2) is 67.7 Å². The zero-order valence-corrected chi connectivity index (χ0v) is 19.9. The molecule has 1 amide bonds.